The van der Waals surface area contributed by atoms with Crippen molar-refractivity contribution in [2.45, 2.75) is 69.9 Å². The summed E-state index contributed by atoms with van der Waals surface area (Å²) in [6.45, 7) is 3.01. The number of rotatable bonds is 5. The number of amides is 2. The Kier molecular flexibility index (Phi) is 5.67. The molecule has 0 spiro atoms. The van der Waals surface area contributed by atoms with Crippen LogP contribution in [0.5, 0.6) is 0 Å². The lowest BCUT2D eigenvalue weighted by atomic mass is 9.84. The molecule has 25 heavy (non-hydrogen) atoms. The molecule has 2 aliphatic rings. The van der Waals surface area contributed by atoms with Gasteiger partial charge in [0.2, 0.25) is 11.8 Å². The van der Waals surface area contributed by atoms with Crippen molar-refractivity contribution in [3.05, 3.63) is 34.9 Å². The Bertz CT molecular complexity index is 631. The Morgan fingerprint density at radius 2 is 2.08 bits per heavy atom. The van der Waals surface area contributed by atoms with Crippen molar-refractivity contribution >= 4 is 23.4 Å². The fraction of sp³-hybridized carbons (Fsp3) is 0.600. The Morgan fingerprint density at radius 1 is 1.32 bits per heavy atom. The molecule has 2 fully saturated rings. The van der Waals surface area contributed by atoms with Gasteiger partial charge in [-0.2, -0.15) is 0 Å². The summed E-state index contributed by atoms with van der Waals surface area (Å²) in [6, 6.07) is 8.10. The van der Waals surface area contributed by atoms with Gasteiger partial charge in [-0.15, -0.1) is 0 Å². The summed E-state index contributed by atoms with van der Waals surface area (Å²) in [7, 11) is 0. The second kappa shape index (κ2) is 7.77. The van der Waals surface area contributed by atoms with Gasteiger partial charge in [0.1, 0.15) is 0 Å². The van der Waals surface area contributed by atoms with Gasteiger partial charge in [0.15, 0.2) is 0 Å². The molecule has 0 aliphatic carbocycles. The van der Waals surface area contributed by atoms with Crippen LogP contribution in [0.1, 0.15) is 57.4 Å². The number of halogens is 1. The molecule has 2 aliphatic heterocycles. The van der Waals surface area contributed by atoms with Crippen molar-refractivity contribution in [2.75, 3.05) is 6.54 Å². The molecule has 2 amide bonds. The molecule has 4 nitrogen and oxygen atoms in total. The molecule has 0 aromatic heterocycles. The van der Waals surface area contributed by atoms with Crippen LogP contribution in [0.15, 0.2) is 24.3 Å². The van der Waals surface area contributed by atoms with Crippen molar-refractivity contribution in [1.29, 1.82) is 0 Å². The monoisotopic (exact) mass is 362 g/mol. The van der Waals surface area contributed by atoms with E-state index in [2.05, 4.69) is 12.2 Å². The van der Waals surface area contributed by atoms with Crippen molar-refractivity contribution in [1.82, 2.24) is 10.2 Å². The van der Waals surface area contributed by atoms with E-state index in [1.165, 1.54) is 6.42 Å². The number of carbonyl (C=O) groups is 2. The summed E-state index contributed by atoms with van der Waals surface area (Å²) in [5, 5.41) is 3.87. The molecule has 2 unspecified atom stereocenters. The average Bonchev–Trinajstić information content (AvgIpc) is 2.96. The molecule has 0 radical (unpaired) electrons. The molecule has 0 bridgehead atoms. The van der Waals surface area contributed by atoms with Crippen LogP contribution in [0.2, 0.25) is 5.02 Å². The fourth-order valence-corrected chi connectivity index (χ4v) is 4.26. The maximum absolute atomic E-state index is 12.7. The lowest BCUT2D eigenvalue weighted by Crippen LogP contribution is -2.46. The maximum atomic E-state index is 12.7. The molecular formula is C20H27ClN2O2. The summed E-state index contributed by atoms with van der Waals surface area (Å²) in [6.07, 6.45) is 6.68. The zero-order valence-electron chi connectivity index (χ0n) is 14.9. The summed E-state index contributed by atoms with van der Waals surface area (Å²) in [5.74, 6) is 0.316. The molecule has 136 valence electrons. The van der Waals surface area contributed by atoms with Crippen molar-refractivity contribution < 1.29 is 9.59 Å². The van der Waals surface area contributed by atoms with Gasteiger partial charge in [-0.1, -0.05) is 23.7 Å². The Labute approximate surface area is 154 Å². The minimum atomic E-state index is -0.306. The number of nitrogens with zero attached hydrogens (tertiary/aromatic N) is 1. The van der Waals surface area contributed by atoms with Crippen LogP contribution < -0.4 is 5.32 Å². The largest absolute Gasteiger partial charge is 0.350 e. The summed E-state index contributed by atoms with van der Waals surface area (Å²) in [4.78, 5) is 26.6. The van der Waals surface area contributed by atoms with E-state index < -0.39 is 0 Å². The first-order chi connectivity index (χ1) is 12.0. The van der Waals surface area contributed by atoms with Gasteiger partial charge in [-0.05, 0) is 63.1 Å². The summed E-state index contributed by atoms with van der Waals surface area (Å²) in [5.41, 5.74) is 0.838. The molecule has 0 saturated carbocycles. The van der Waals surface area contributed by atoms with Gasteiger partial charge < -0.3 is 10.2 Å². The van der Waals surface area contributed by atoms with Crippen molar-refractivity contribution in [3.8, 4) is 0 Å². The molecule has 5 heteroatoms. The number of hydrogen-bond acceptors (Lipinski definition) is 2. The minimum absolute atomic E-state index is 0.0905. The molecule has 2 heterocycles. The highest BCUT2D eigenvalue weighted by atomic mass is 35.5. The van der Waals surface area contributed by atoms with Gasteiger partial charge in [0, 0.05) is 36.0 Å². The number of benzene rings is 1. The molecule has 3 rings (SSSR count). The van der Waals surface area contributed by atoms with E-state index in [9.17, 15) is 9.59 Å². The van der Waals surface area contributed by atoms with Crippen molar-refractivity contribution in [2.24, 2.45) is 0 Å². The van der Waals surface area contributed by atoms with Gasteiger partial charge >= 0.3 is 0 Å². The molecule has 1 aromatic carbocycles. The quantitative estimate of drug-likeness (QED) is 0.867. The van der Waals surface area contributed by atoms with E-state index in [4.69, 9.17) is 11.6 Å². The van der Waals surface area contributed by atoms with E-state index in [-0.39, 0.29) is 17.4 Å². The first-order valence-electron chi connectivity index (χ1n) is 9.32. The second-order valence-corrected chi connectivity index (χ2v) is 8.00. The Hall–Kier alpha value is -1.55. The first kappa shape index (κ1) is 18.2. The van der Waals surface area contributed by atoms with Crippen LogP contribution in [0.25, 0.3) is 0 Å². The van der Waals surface area contributed by atoms with Crippen LogP contribution >= 0.6 is 11.6 Å². The predicted molar refractivity (Wildman–Crippen MR) is 99.5 cm³/mol. The third kappa shape index (κ3) is 4.55. The third-order valence-electron chi connectivity index (χ3n) is 5.63. The van der Waals surface area contributed by atoms with Crippen LogP contribution in [-0.4, -0.2) is 34.8 Å². The van der Waals surface area contributed by atoms with Crippen LogP contribution in [0.3, 0.4) is 0 Å². The number of likely N-dealkylation sites (tertiary alicyclic amines) is 1. The highest BCUT2D eigenvalue weighted by Gasteiger charge is 2.38. The molecule has 2 atom stereocenters. The minimum Gasteiger partial charge on any atom is -0.350 e. The van der Waals surface area contributed by atoms with Gasteiger partial charge in [0.05, 0.1) is 0 Å². The Morgan fingerprint density at radius 3 is 2.72 bits per heavy atom. The van der Waals surface area contributed by atoms with E-state index in [1.54, 1.807) is 0 Å². The SMILES string of the molecule is CC1CCCCN1C(=O)CCC1(Cc2ccc(Cl)cc2)CCC(=O)N1. The number of piperidine rings is 1. The fourth-order valence-electron chi connectivity index (χ4n) is 4.13. The Balaban J connectivity index is 1.65. The number of nitrogens with one attached hydrogen (secondary N) is 1. The van der Waals surface area contributed by atoms with E-state index in [0.717, 1.165) is 37.8 Å². The lowest BCUT2D eigenvalue weighted by molar-refractivity contribution is -0.135. The van der Waals surface area contributed by atoms with E-state index in [0.29, 0.717) is 30.3 Å². The van der Waals surface area contributed by atoms with Gasteiger partial charge in [-0.25, -0.2) is 0 Å². The molecule has 1 aromatic rings. The molecule has 2 saturated heterocycles. The molecule has 1 N–H and O–H groups in total. The first-order valence-corrected chi connectivity index (χ1v) is 9.70. The normalized spacial score (nSPS) is 26.6. The number of carbonyl (C=O) groups excluding carboxylic acids is 2. The zero-order valence-corrected chi connectivity index (χ0v) is 15.6. The third-order valence-corrected chi connectivity index (χ3v) is 5.88. The topological polar surface area (TPSA) is 49.4 Å². The van der Waals surface area contributed by atoms with Crippen LogP contribution in [-0.2, 0) is 16.0 Å². The van der Waals surface area contributed by atoms with E-state index in [1.807, 2.05) is 29.2 Å². The standard InChI is InChI=1S/C20H27ClN2O2/c1-15-4-2-3-13-23(15)19(25)10-12-20(11-9-18(24)22-20)14-16-5-7-17(21)8-6-16/h5-8,15H,2-4,9-14H2,1H3,(H,22,24). The summed E-state index contributed by atoms with van der Waals surface area (Å²) >= 11 is 5.97. The maximum Gasteiger partial charge on any atom is 0.222 e. The van der Waals surface area contributed by atoms with Crippen LogP contribution in [0.4, 0.5) is 0 Å². The van der Waals surface area contributed by atoms with E-state index >= 15 is 0 Å². The summed E-state index contributed by atoms with van der Waals surface area (Å²) < 4.78 is 0. The smallest absolute Gasteiger partial charge is 0.222 e. The average molecular weight is 363 g/mol. The van der Waals surface area contributed by atoms with Crippen LogP contribution in [0, 0.1) is 0 Å². The second-order valence-electron chi connectivity index (χ2n) is 7.56. The van der Waals surface area contributed by atoms with Gasteiger partial charge in [0.25, 0.3) is 0 Å². The number of hydrogen-bond donors (Lipinski definition) is 1. The molecular weight excluding hydrogens is 336 g/mol. The van der Waals surface area contributed by atoms with Crippen molar-refractivity contribution in [3.63, 3.8) is 0 Å². The highest BCUT2D eigenvalue weighted by molar-refractivity contribution is 6.30. The zero-order chi connectivity index (χ0) is 17.9. The highest BCUT2D eigenvalue weighted by Crippen LogP contribution is 2.31. The van der Waals surface area contributed by atoms with Gasteiger partial charge in [-0.3, -0.25) is 9.59 Å². The predicted octanol–water partition coefficient (Wildman–Crippen LogP) is 3.71. The lowest BCUT2D eigenvalue weighted by Gasteiger charge is -2.35.